The summed E-state index contributed by atoms with van der Waals surface area (Å²) in [5, 5.41) is 4.18. The molecule has 1 aromatic carbocycles. The minimum absolute atomic E-state index is 0.566. The van der Waals surface area contributed by atoms with Crippen molar-refractivity contribution in [2.75, 3.05) is 33.7 Å². The Kier molecular flexibility index (Phi) is 5.04. The molecule has 0 aromatic heterocycles. The summed E-state index contributed by atoms with van der Waals surface area (Å²) in [6.45, 7) is 3.45. The van der Waals surface area contributed by atoms with Gasteiger partial charge in [0.15, 0.2) is 0 Å². The van der Waals surface area contributed by atoms with Crippen LogP contribution in [-0.2, 0) is 0 Å². The highest BCUT2D eigenvalue weighted by molar-refractivity contribution is 6.30. The molecule has 18 heavy (non-hydrogen) atoms. The number of halogens is 1. The highest BCUT2D eigenvalue weighted by atomic mass is 35.5. The van der Waals surface area contributed by atoms with E-state index in [0.717, 1.165) is 17.5 Å². The van der Waals surface area contributed by atoms with Gasteiger partial charge >= 0.3 is 0 Å². The molecule has 1 heterocycles. The minimum atomic E-state index is 0.566. The van der Waals surface area contributed by atoms with Crippen LogP contribution in [0.1, 0.15) is 24.3 Å². The van der Waals surface area contributed by atoms with E-state index in [4.69, 9.17) is 11.6 Å². The first-order valence-corrected chi connectivity index (χ1v) is 7.17. The fourth-order valence-electron chi connectivity index (χ4n) is 3.05. The normalized spacial score (nSPS) is 22.9. The highest BCUT2D eigenvalue weighted by Crippen LogP contribution is 2.32. The molecule has 0 aliphatic carbocycles. The predicted octanol–water partition coefficient (Wildman–Crippen LogP) is 2.98. The summed E-state index contributed by atoms with van der Waals surface area (Å²) in [6, 6.07) is 8.35. The van der Waals surface area contributed by atoms with Gasteiger partial charge < -0.3 is 10.2 Å². The number of likely N-dealkylation sites (N-methyl/N-ethyl adjacent to an activating group) is 1. The van der Waals surface area contributed by atoms with Gasteiger partial charge in [-0.05, 0) is 57.1 Å². The highest BCUT2D eigenvalue weighted by Gasteiger charge is 2.26. The molecule has 100 valence electrons. The number of likely N-dealkylation sites (tertiary alicyclic amines) is 1. The Bertz CT molecular complexity index is 381. The van der Waals surface area contributed by atoms with E-state index in [1.807, 2.05) is 13.1 Å². The van der Waals surface area contributed by atoms with Gasteiger partial charge in [-0.25, -0.2) is 0 Å². The van der Waals surface area contributed by atoms with Crippen molar-refractivity contribution in [3.63, 3.8) is 0 Å². The molecule has 1 aliphatic rings. The Morgan fingerprint density at radius 1 is 1.50 bits per heavy atom. The monoisotopic (exact) mass is 266 g/mol. The summed E-state index contributed by atoms with van der Waals surface area (Å²) in [5.41, 5.74) is 1.37. The second-order valence-corrected chi connectivity index (χ2v) is 5.82. The fraction of sp³-hybridized carbons (Fsp3) is 0.600. The van der Waals surface area contributed by atoms with Crippen molar-refractivity contribution in [3.8, 4) is 0 Å². The zero-order valence-corrected chi connectivity index (χ0v) is 12.1. The maximum Gasteiger partial charge on any atom is 0.0408 e. The summed E-state index contributed by atoms with van der Waals surface area (Å²) in [5.74, 6) is 1.30. The Labute approximate surface area is 115 Å². The SMILES string of the molecule is CNCC(c1cccc(Cl)c1)C1CCCN(C)C1. The number of benzene rings is 1. The molecule has 0 saturated carbocycles. The minimum Gasteiger partial charge on any atom is -0.319 e. The summed E-state index contributed by atoms with van der Waals surface area (Å²) in [4.78, 5) is 2.45. The lowest BCUT2D eigenvalue weighted by Crippen LogP contribution is -2.37. The number of nitrogens with one attached hydrogen (secondary N) is 1. The van der Waals surface area contributed by atoms with E-state index < -0.39 is 0 Å². The second kappa shape index (κ2) is 6.55. The Morgan fingerprint density at radius 3 is 3.00 bits per heavy atom. The Morgan fingerprint density at radius 2 is 2.33 bits per heavy atom. The average Bonchev–Trinajstić information content (AvgIpc) is 2.36. The van der Waals surface area contributed by atoms with Crippen LogP contribution in [-0.4, -0.2) is 38.6 Å². The Balaban J connectivity index is 2.16. The lowest BCUT2D eigenvalue weighted by Gasteiger charge is -2.35. The predicted molar refractivity (Wildman–Crippen MR) is 78.3 cm³/mol. The third-order valence-electron chi connectivity index (χ3n) is 3.93. The van der Waals surface area contributed by atoms with Gasteiger partial charge in [-0.3, -0.25) is 0 Å². The molecule has 2 unspecified atom stereocenters. The zero-order chi connectivity index (χ0) is 13.0. The quantitative estimate of drug-likeness (QED) is 0.901. The summed E-state index contributed by atoms with van der Waals surface area (Å²) in [7, 11) is 4.25. The van der Waals surface area contributed by atoms with Gasteiger partial charge in [0.05, 0.1) is 0 Å². The molecule has 1 aromatic rings. The van der Waals surface area contributed by atoms with Crippen LogP contribution < -0.4 is 5.32 Å². The first-order chi connectivity index (χ1) is 8.70. The number of rotatable bonds is 4. The van der Waals surface area contributed by atoms with E-state index in [9.17, 15) is 0 Å². The van der Waals surface area contributed by atoms with Crippen molar-refractivity contribution in [1.29, 1.82) is 0 Å². The van der Waals surface area contributed by atoms with E-state index >= 15 is 0 Å². The van der Waals surface area contributed by atoms with Crippen LogP contribution in [0.4, 0.5) is 0 Å². The standard InChI is InChI=1S/C15H23ClN2/c1-17-10-15(12-5-3-7-14(16)9-12)13-6-4-8-18(2)11-13/h3,5,7,9,13,15,17H,4,6,8,10-11H2,1-2H3. The molecule has 1 fully saturated rings. The molecule has 0 radical (unpaired) electrons. The van der Waals surface area contributed by atoms with Crippen LogP contribution in [0.5, 0.6) is 0 Å². The molecule has 1 N–H and O–H groups in total. The van der Waals surface area contributed by atoms with Crippen LogP contribution in [0.3, 0.4) is 0 Å². The van der Waals surface area contributed by atoms with Crippen molar-refractivity contribution in [3.05, 3.63) is 34.9 Å². The van der Waals surface area contributed by atoms with Crippen molar-refractivity contribution in [2.24, 2.45) is 5.92 Å². The number of piperidine rings is 1. The average molecular weight is 267 g/mol. The molecule has 2 nitrogen and oxygen atoms in total. The molecule has 0 spiro atoms. The molecule has 0 amide bonds. The van der Waals surface area contributed by atoms with E-state index in [0.29, 0.717) is 5.92 Å². The summed E-state index contributed by atoms with van der Waals surface area (Å²) < 4.78 is 0. The van der Waals surface area contributed by atoms with Gasteiger partial charge in [0.2, 0.25) is 0 Å². The van der Waals surface area contributed by atoms with Crippen LogP contribution >= 0.6 is 11.6 Å². The van der Waals surface area contributed by atoms with Gasteiger partial charge in [0, 0.05) is 24.0 Å². The van der Waals surface area contributed by atoms with Gasteiger partial charge in [-0.2, -0.15) is 0 Å². The van der Waals surface area contributed by atoms with Crippen molar-refractivity contribution >= 4 is 11.6 Å². The smallest absolute Gasteiger partial charge is 0.0408 e. The first-order valence-electron chi connectivity index (χ1n) is 6.79. The molecule has 1 aliphatic heterocycles. The van der Waals surface area contributed by atoms with Crippen LogP contribution in [0.15, 0.2) is 24.3 Å². The molecule has 2 atom stereocenters. The maximum absolute atomic E-state index is 6.13. The molecule has 0 bridgehead atoms. The number of nitrogens with zero attached hydrogens (tertiary/aromatic N) is 1. The third kappa shape index (κ3) is 3.47. The van der Waals surface area contributed by atoms with E-state index in [1.165, 1.54) is 31.5 Å². The fourth-order valence-corrected chi connectivity index (χ4v) is 3.25. The lowest BCUT2D eigenvalue weighted by atomic mass is 9.81. The van der Waals surface area contributed by atoms with Gasteiger partial charge in [-0.15, -0.1) is 0 Å². The number of hydrogen-bond donors (Lipinski definition) is 1. The van der Waals surface area contributed by atoms with E-state index in [2.05, 4.69) is 35.5 Å². The molecule has 1 saturated heterocycles. The zero-order valence-electron chi connectivity index (χ0n) is 11.3. The van der Waals surface area contributed by atoms with Gasteiger partial charge in [-0.1, -0.05) is 23.7 Å². The van der Waals surface area contributed by atoms with Crippen molar-refractivity contribution < 1.29 is 0 Å². The lowest BCUT2D eigenvalue weighted by molar-refractivity contribution is 0.186. The summed E-state index contributed by atoms with van der Waals surface area (Å²) >= 11 is 6.13. The maximum atomic E-state index is 6.13. The Hall–Kier alpha value is -0.570. The largest absolute Gasteiger partial charge is 0.319 e. The third-order valence-corrected chi connectivity index (χ3v) is 4.17. The van der Waals surface area contributed by atoms with Crippen LogP contribution in [0.25, 0.3) is 0 Å². The van der Waals surface area contributed by atoms with Crippen molar-refractivity contribution in [1.82, 2.24) is 10.2 Å². The number of hydrogen-bond acceptors (Lipinski definition) is 2. The summed E-state index contributed by atoms with van der Waals surface area (Å²) in [6.07, 6.45) is 2.63. The van der Waals surface area contributed by atoms with Crippen molar-refractivity contribution in [2.45, 2.75) is 18.8 Å². The van der Waals surface area contributed by atoms with Crippen LogP contribution in [0.2, 0.25) is 5.02 Å². The molecular weight excluding hydrogens is 244 g/mol. The second-order valence-electron chi connectivity index (χ2n) is 5.38. The van der Waals surface area contributed by atoms with E-state index in [1.54, 1.807) is 0 Å². The van der Waals surface area contributed by atoms with Gasteiger partial charge in [0.25, 0.3) is 0 Å². The molecule has 2 rings (SSSR count). The molecular formula is C15H23ClN2. The van der Waals surface area contributed by atoms with Gasteiger partial charge in [0.1, 0.15) is 0 Å². The molecule has 3 heteroatoms. The van der Waals surface area contributed by atoms with E-state index in [-0.39, 0.29) is 0 Å². The van der Waals surface area contributed by atoms with Crippen LogP contribution in [0, 0.1) is 5.92 Å². The topological polar surface area (TPSA) is 15.3 Å². The first kappa shape index (κ1) is 13.9.